The number of thioether (sulfide) groups is 1. The van der Waals surface area contributed by atoms with Crippen molar-refractivity contribution >= 4 is 68.8 Å². The molecule has 33 heavy (non-hydrogen) atoms. The minimum Gasteiger partial charge on any atom is -0.489 e. The number of benzene rings is 3. The molecule has 1 aromatic heterocycles. The van der Waals surface area contributed by atoms with Gasteiger partial charge in [-0.2, -0.15) is 0 Å². The zero-order chi connectivity index (χ0) is 22.9. The Morgan fingerprint density at radius 1 is 0.970 bits per heavy atom. The van der Waals surface area contributed by atoms with Crippen LogP contribution in [0.1, 0.15) is 11.1 Å². The third-order valence-corrected chi connectivity index (χ3v) is 6.78. The summed E-state index contributed by atoms with van der Waals surface area (Å²) in [5.74, 6) is 0.304. The largest absolute Gasteiger partial charge is 0.489 e. The quantitative estimate of drug-likeness (QED) is 0.295. The molecular weight excluding hydrogens is 479 g/mol. The summed E-state index contributed by atoms with van der Waals surface area (Å²) in [5.41, 5.74) is 3.14. The fraction of sp³-hybridized carbons (Fsp3) is 0.0400. The Kier molecular flexibility index (Phi) is 5.89. The molecule has 3 aromatic carbocycles. The number of nitrogens with one attached hydrogen (secondary N) is 1. The Morgan fingerprint density at radius 3 is 2.58 bits per heavy atom. The van der Waals surface area contributed by atoms with E-state index in [0.717, 1.165) is 38.7 Å². The van der Waals surface area contributed by atoms with Gasteiger partial charge in [0.05, 0.1) is 20.6 Å². The maximum absolute atomic E-state index is 13.0. The number of rotatable bonds is 5. The molecule has 4 aromatic rings. The number of hydrogen-bond acceptors (Lipinski definition) is 4. The van der Waals surface area contributed by atoms with E-state index in [1.807, 2.05) is 48.5 Å². The van der Waals surface area contributed by atoms with Gasteiger partial charge in [-0.1, -0.05) is 53.5 Å². The van der Waals surface area contributed by atoms with Gasteiger partial charge in [0.2, 0.25) is 0 Å². The molecular formula is C25H16Cl2N2O3S. The molecule has 5 nitrogen and oxygen atoms in total. The van der Waals surface area contributed by atoms with Crippen LogP contribution in [0.25, 0.3) is 17.0 Å². The average Bonchev–Trinajstić information content (AvgIpc) is 3.34. The molecule has 8 heteroatoms. The molecule has 1 fully saturated rings. The molecule has 0 saturated carbocycles. The highest BCUT2D eigenvalue weighted by atomic mass is 35.5. The first kappa shape index (κ1) is 21.6. The van der Waals surface area contributed by atoms with E-state index in [1.54, 1.807) is 24.4 Å². The van der Waals surface area contributed by atoms with Gasteiger partial charge in [0.25, 0.3) is 11.1 Å². The van der Waals surface area contributed by atoms with Gasteiger partial charge in [-0.25, -0.2) is 4.90 Å². The molecule has 1 N–H and O–H groups in total. The Hall–Kier alpha value is -3.19. The fourth-order valence-corrected chi connectivity index (χ4v) is 4.65. The SMILES string of the molecule is O=C1SC(=Cc2c[nH]c3ccc(OCc4ccccc4)cc23)C(=O)N1c1ccc(Cl)c(Cl)c1. The summed E-state index contributed by atoms with van der Waals surface area (Å²) >= 11 is 12.9. The zero-order valence-corrected chi connectivity index (χ0v) is 19.4. The van der Waals surface area contributed by atoms with Crippen molar-refractivity contribution in [3.63, 3.8) is 0 Å². The number of carbonyl (C=O) groups is 2. The number of nitrogens with zero attached hydrogens (tertiary/aromatic N) is 1. The number of amides is 2. The van der Waals surface area contributed by atoms with Crippen LogP contribution in [0.4, 0.5) is 10.5 Å². The number of fused-ring (bicyclic) bond motifs is 1. The third-order valence-electron chi connectivity index (χ3n) is 5.18. The van der Waals surface area contributed by atoms with E-state index in [4.69, 9.17) is 27.9 Å². The summed E-state index contributed by atoms with van der Waals surface area (Å²) in [7, 11) is 0. The minimum absolute atomic E-state index is 0.275. The first-order valence-corrected chi connectivity index (χ1v) is 11.6. The molecule has 1 saturated heterocycles. The maximum Gasteiger partial charge on any atom is 0.298 e. The van der Waals surface area contributed by atoms with Crippen molar-refractivity contribution in [2.24, 2.45) is 0 Å². The van der Waals surface area contributed by atoms with Gasteiger partial charge < -0.3 is 9.72 Å². The highest BCUT2D eigenvalue weighted by molar-refractivity contribution is 8.19. The molecule has 0 aliphatic carbocycles. The average molecular weight is 495 g/mol. The van der Waals surface area contributed by atoms with Crippen molar-refractivity contribution in [1.82, 2.24) is 4.98 Å². The highest BCUT2D eigenvalue weighted by Gasteiger charge is 2.36. The van der Waals surface area contributed by atoms with Gasteiger partial charge in [-0.05, 0) is 59.8 Å². The number of hydrogen-bond donors (Lipinski definition) is 1. The molecule has 1 aliphatic rings. The van der Waals surface area contributed by atoms with Crippen LogP contribution in [-0.2, 0) is 11.4 Å². The van der Waals surface area contributed by atoms with Crippen LogP contribution in [0.3, 0.4) is 0 Å². The third kappa shape index (κ3) is 4.37. The maximum atomic E-state index is 13.0. The van der Waals surface area contributed by atoms with E-state index < -0.39 is 11.1 Å². The summed E-state index contributed by atoms with van der Waals surface area (Å²) in [6, 6.07) is 20.3. The molecule has 0 spiro atoms. The fourth-order valence-electron chi connectivity index (χ4n) is 3.53. The van der Waals surface area contributed by atoms with Gasteiger partial charge in [-0.3, -0.25) is 9.59 Å². The smallest absolute Gasteiger partial charge is 0.298 e. The molecule has 2 amide bonds. The summed E-state index contributed by atoms with van der Waals surface area (Å²) < 4.78 is 5.94. The lowest BCUT2D eigenvalue weighted by atomic mass is 10.1. The number of anilines is 1. The summed E-state index contributed by atoms with van der Waals surface area (Å²) in [6.07, 6.45) is 3.51. The summed E-state index contributed by atoms with van der Waals surface area (Å²) in [5, 5.41) is 1.13. The number of carbonyl (C=O) groups excluding carboxylic acids is 2. The molecule has 5 rings (SSSR count). The lowest BCUT2D eigenvalue weighted by Gasteiger charge is -2.13. The van der Waals surface area contributed by atoms with Crippen LogP contribution in [0.5, 0.6) is 5.75 Å². The topological polar surface area (TPSA) is 62.4 Å². The lowest BCUT2D eigenvalue weighted by molar-refractivity contribution is -0.113. The van der Waals surface area contributed by atoms with Crippen LogP contribution < -0.4 is 9.64 Å². The van der Waals surface area contributed by atoms with Gasteiger partial charge in [0, 0.05) is 22.7 Å². The van der Waals surface area contributed by atoms with Crippen molar-refractivity contribution in [2.75, 3.05) is 4.90 Å². The van der Waals surface area contributed by atoms with E-state index in [9.17, 15) is 9.59 Å². The van der Waals surface area contributed by atoms with Crippen molar-refractivity contribution in [2.45, 2.75) is 6.61 Å². The van der Waals surface area contributed by atoms with Crippen molar-refractivity contribution < 1.29 is 14.3 Å². The Bertz CT molecular complexity index is 1420. The van der Waals surface area contributed by atoms with Crippen molar-refractivity contribution in [1.29, 1.82) is 0 Å². The van der Waals surface area contributed by atoms with Crippen LogP contribution in [0.2, 0.25) is 10.0 Å². The van der Waals surface area contributed by atoms with E-state index in [1.165, 1.54) is 6.07 Å². The monoisotopic (exact) mass is 494 g/mol. The van der Waals surface area contributed by atoms with Crippen molar-refractivity contribution in [3.05, 3.63) is 99.0 Å². The number of aromatic amines is 1. The Labute approximate surface area is 203 Å². The molecule has 0 bridgehead atoms. The standard InChI is InChI=1S/C25H16Cl2N2O3S/c26-20-8-6-17(11-21(20)27)29-24(30)23(33-25(29)31)10-16-13-28-22-9-7-18(12-19(16)22)32-14-15-4-2-1-3-5-15/h1-13,28H,14H2. The van der Waals surface area contributed by atoms with Gasteiger partial charge >= 0.3 is 0 Å². The molecule has 0 atom stereocenters. The number of halogens is 2. The number of imide groups is 1. The minimum atomic E-state index is -0.408. The second kappa shape index (κ2) is 8.98. The normalized spacial score (nSPS) is 15.1. The highest BCUT2D eigenvalue weighted by Crippen LogP contribution is 2.38. The second-order valence-electron chi connectivity index (χ2n) is 7.34. The van der Waals surface area contributed by atoms with Gasteiger partial charge in [-0.15, -0.1) is 0 Å². The van der Waals surface area contributed by atoms with Crippen LogP contribution in [-0.4, -0.2) is 16.1 Å². The Morgan fingerprint density at radius 2 is 1.79 bits per heavy atom. The lowest BCUT2D eigenvalue weighted by Crippen LogP contribution is -2.27. The second-order valence-corrected chi connectivity index (χ2v) is 9.15. The molecule has 0 radical (unpaired) electrons. The predicted octanol–water partition coefficient (Wildman–Crippen LogP) is 7.29. The first-order valence-electron chi connectivity index (χ1n) is 10.0. The van der Waals surface area contributed by atoms with Gasteiger partial charge in [0.1, 0.15) is 12.4 Å². The number of aromatic nitrogens is 1. The summed E-state index contributed by atoms with van der Waals surface area (Å²) in [4.78, 5) is 30.2. The van der Waals surface area contributed by atoms with E-state index >= 15 is 0 Å². The zero-order valence-electron chi connectivity index (χ0n) is 17.0. The molecule has 2 heterocycles. The van der Waals surface area contributed by atoms with Crippen molar-refractivity contribution in [3.8, 4) is 5.75 Å². The molecule has 0 unspecified atom stereocenters. The number of ether oxygens (including phenoxy) is 1. The van der Waals surface area contributed by atoms with Gasteiger partial charge in [0.15, 0.2) is 0 Å². The molecule has 164 valence electrons. The Balaban J connectivity index is 1.42. The van der Waals surface area contributed by atoms with Crippen LogP contribution in [0, 0.1) is 0 Å². The van der Waals surface area contributed by atoms with Crippen LogP contribution >= 0.6 is 35.0 Å². The first-order chi connectivity index (χ1) is 16.0. The summed E-state index contributed by atoms with van der Waals surface area (Å²) in [6.45, 7) is 0.453. The molecule has 1 aliphatic heterocycles. The van der Waals surface area contributed by atoms with E-state index in [-0.39, 0.29) is 5.02 Å². The van der Waals surface area contributed by atoms with E-state index in [2.05, 4.69) is 4.98 Å². The predicted molar refractivity (Wildman–Crippen MR) is 134 cm³/mol. The van der Waals surface area contributed by atoms with E-state index in [0.29, 0.717) is 28.0 Å². The number of H-pyrrole nitrogens is 1. The van der Waals surface area contributed by atoms with Crippen LogP contribution in [0.15, 0.2) is 77.8 Å².